The molecule has 1 aliphatic heterocycles. The van der Waals surface area contributed by atoms with Crippen LogP contribution in [0.4, 0.5) is 0 Å². The molecule has 6 nitrogen and oxygen atoms in total. The van der Waals surface area contributed by atoms with Gasteiger partial charge < -0.3 is 0 Å². The molecule has 0 atom stereocenters. The summed E-state index contributed by atoms with van der Waals surface area (Å²) in [7, 11) is 1.27. The number of likely N-dealkylation sites (N-methyl/N-ethyl adjacent to an activating group) is 2. The van der Waals surface area contributed by atoms with E-state index in [0.717, 1.165) is 7.11 Å². The highest BCUT2D eigenvalue weighted by Crippen LogP contribution is 2.18. The minimum Gasteiger partial charge on any atom is -0.290 e. The average Bonchev–Trinajstić information content (AvgIpc) is 3.15. The molecule has 0 bridgehead atoms. The molecule has 0 aromatic heterocycles. The Kier molecular flexibility index (Phi) is 24.0. The zero-order valence-electron chi connectivity index (χ0n) is 23.8. The molecule has 0 saturated carbocycles. The van der Waals surface area contributed by atoms with Crippen LogP contribution in [0.15, 0.2) is 0 Å². The second-order valence-electron chi connectivity index (χ2n) is 10.5. The van der Waals surface area contributed by atoms with E-state index in [1.54, 1.807) is 0 Å². The standard InChI is InChI=1S/C27H56N2.CH4O4S/c1-4-5-6-7-8-9-10-11-12-13-14-15-16-17-18-19-20-21-22-23-24-27-28(2)25-26-29(27)3;1-5-6(2,3)4/h27H,4-26H2,1-3H3;1H3,(H,2,3,4). The van der Waals surface area contributed by atoms with Crippen LogP contribution in [0.3, 0.4) is 0 Å². The first-order chi connectivity index (χ1) is 16.8. The smallest absolute Gasteiger partial charge is 0.290 e. The lowest BCUT2D eigenvalue weighted by molar-refractivity contribution is 0.171. The number of hydrogen-bond donors (Lipinski definition) is 1. The second-order valence-corrected chi connectivity index (χ2v) is 11.7. The average molecular weight is 521 g/mol. The fraction of sp³-hybridized carbons (Fsp3) is 1.00. The van der Waals surface area contributed by atoms with Gasteiger partial charge in [-0.2, -0.15) is 8.42 Å². The highest BCUT2D eigenvalue weighted by molar-refractivity contribution is 7.80. The van der Waals surface area contributed by atoms with Crippen molar-refractivity contribution >= 4 is 10.4 Å². The SMILES string of the molecule is CCCCCCCCCCCCCCCCCCCCCCC1N(C)CCN1C.COS(=O)(=O)O. The van der Waals surface area contributed by atoms with E-state index in [1.807, 2.05) is 0 Å². The number of rotatable bonds is 22. The summed E-state index contributed by atoms with van der Waals surface area (Å²) in [5, 5.41) is 0. The molecular formula is C28H60N2O4S. The Bertz CT molecular complexity index is 535. The predicted octanol–water partition coefficient (Wildman–Crippen LogP) is 7.84. The summed E-state index contributed by atoms with van der Waals surface area (Å²) in [5.74, 6) is 0. The number of unbranched alkanes of at least 4 members (excludes halogenated alkanes) is 19. The molecule has 0 amide bonds. The Morgan fingerprint density at radius 2 is 0.886 bits per heavy atom. The van der Waals surface area contributed by atoms with Crippen LogP contribution in [0.25, 0.3) is 0 Å². The Morgan fingerprint density at radius 1 is 0.629 bits per heavy atom. The molecule has 212 valence electrons. The number of hydrogen-bond acceptors (Lipinski definition) is 5. The summed E-state index contributed by atoms with van der Waals surface area (Å²) < 4.78 is 29.7. The van der Waals surface area contributed by atoms with E-state index in [-0.39, 0.29) is 0 Å². The van der Waals surface area contributed by atoms with Crippen molar-refractivity contribution in [2.45, 2.75) is 148 Å². The van der Waals surface area contributed by atoms with Gasteiger partial charge in [-0.25, -0.2) is 0 Å². The van der Waals surface area contributed by atoms with Crippen molar-refractivity contribution in [1.82, 2.24) is 9.80 Å². The predicted molar refractivity (Wildman–Crippen MR) is 150 cm³/mol. The summed E-state index contributed by atoms with van der Waals surface area (Å²) in [4.78, 5) is 5.05. The first kappa shape index (κ1) is 34.8. The Hall–Kier alpha value is -0.210. The molecule has 0 aromatic rings. The molecule has 1 rings (SSSR count). The lowest BCUT2D eigenvalue weighted by Gasteiger charge is -2.24. The van der Waals surface area contributed by atoms with E-state index in [9.17, 15) is 8.42 Å². The van der Waals surface area contributed by atoms with Gasteiger partial charge in [-0.15, -0.1) is 0 Å². The van der Waals surface area contributed by atoms with Crippen molar-refractivity contribution in [3.63, 3.8) is 0 Å². The van der Waals surface area contributed by atoms with Crippen LogP contribution in [0.2, 0.25) is 0 Å². The molecule has 1 aliphatic rings. The lowest BCUT2D eigenvalue weighted by Crippen LogP contribution is -2.34. The third-order valence-corrected chi connectivity index (χ3v) is 7.77. The van der Waals surface area contributed by atoms with Gasteiger partial charge in [0.05, 0.1) is 13.3 Å². The maximum absolute atomic E-state index is 9.33. The summed E-state index contributed by atoms with van der Waals surface area (Å²) in [6.07, 6.45) is 31.4. The summed E-state index contributed by atoms with van der Waals surface area (Å²) in [5.41, 5.74) is 0. The van der Waals surface area contributed by atoms with Crippen molar-refractivity contribution in [2.24, 2.45) is 0 Å². The van der Waals surface area contributed by atoms with E-state index < -0.39 is 10.4 Å². The van der Waals surface area contributed by atoms with Crippen molar-refractivity contribution < 1.29 is 17.2 Å². The Labute approximate surface area is 219 Å². The van der Waals surface area contributed by atoms with Gasteiger partial charge >= 0.3 is 10.4 Å². The normalized spacial score (nSPS) is 15.5. The van der Waals surface area contributed by atoms with Gasteiger partial charge in [0.25, 0.3) is 0 Å². The topological polar surface area (TPSA) is 70.1 Å². The molecule has 0 unspecified atom stereocenters. The largest absolute Gasteiger partial charge is 0.397 e. The minimum atomic E-state index is -4.16. The molecule has 35 heavy (non-hydrogen) atoms. The first-order valence-electron chi connectivity index (χ1n) is 14.7. The Balaban J connectivity index is 0.00000170. The lowest BCUT2D eigenvalue weighted by atomic mass is 10.0. The van der Waals surface area contributed by atoms with E-state index in [2.05, 4.69) is 35.0 Å². The zero-order chi connectivity index (χ0) is 26.2. The zero-order valence-corrected chi connectivity index (χ0v) is 24.6. The van der Waals surface area contributed by atoms with Crippen molar-refractivity contribution in [1.29, 1.82) is 0 Å². The van der Waals surface area contributed by atoms with Crippen LogP contribution < -0.4 is 0 Å². The van der Waals surface area contributed by atoms with Crippen LogP contribution >= 0.6 is 0 Å². The first-order valence-corrected chi connectivity index (χ1v) is 16.1. The molecule has 0 aliphatic carbocycles. The molecule has 0 spiro atoms. The van der Waals surface area contributed by atoms with Gasteiger partial charge in [-0.3, -0.25) is 18.5 Å². The maximum Gasteiger partial charge on any atom is 0.397 e. The molecule has 1 saturated heterocycles. The Morgan fingerprint density at radius 3 is 1.14 bits per heavy atom. The molecule has 1 heterocycles. The van der Waals surface area contributed by atoms with Gasteiger partial charge in [0, 0.05) is 13.1 Å². The molecule has 0 aromatic carbocycles. The third-order valence-electron chi connectivity index (χ3n) is 7.35. The second kappa shape index (κ2) is 24.1. The maximum atomic E-state index is 9.33. The fourth-order valence-corrected chi connectivity index (χ4v) is 4.97. The molecule has 1 N–H and O–H groups in total. The monoisotopic (exact) mass is 520 g/mol. The van der Waals surface area contributed by atoms with Gasteiger partial charge in [-0.05, 0) is 20.5 Å². The highest BCUT2D eigenvalue weighted by Gasteiger charge is 2.24. The van der Waals surface area contributed by atoms with Crippen LogP contribution in [0.1, 0.15) is 142 Å². The van der Waals surface area contributed by atoms with Crippen LogP contribution in [-0.2, 0) is 14.6 Å². The minimum absolute atomic E-state index is 0.713. The van der Waals surface area contributed by atoms with E-state index in [1.165, 1.54) is 148 Å². The quantitative estimate of drug-likeness (QED) is 0.116. The van der Waals surface area contributed by atoms with Gasteiger partial charge in [-0.1, -0.05) is 135 Å². The van der Waals surface area contributed by atoms with Crippen LogP contribution in [0, 0.1) is 0 Å². The van der Waals surface area contributed by atoms with Gasteiger partial charge in [0.15, 0.2) is 0 Å². The summed E-state index contributed by atoms with van der Waals surface area (Å²) >= 11 is 0. The molecule has 0 radical (unpaired) electrons. The fourth-order valence-electron chi connectivity index (χ4n) is 4.97. The molecule has 7 heteroatoms. The van der Waals surface area contributed by atoms with Crippen LogP contribution in [0.5, 0.6) is 0 Å². The van der Waals surface area contributed by atoms with Crippen molar-refractivity contribution in [3.8, 4) is 0 Å². The molecular weight excluding hydrogens is 460 g/mol. The van der Waals surface area contributed by atoms with Crippen LogP contribution in [-0.4, -0.2) is 63.2 Å². The van der Waals surface area contributed by atoms with Crippen molar-refractivity contribution in [3.05, 3.63) is 0 Å². The van der Waals surface area contributed by atoms with E-state index in [4.69, 9.17) is 4.55 Å². The number of nitrogens with zero attached hydrogens (tertiary/aromatic N) is 2. The summed E-state index contributed by atoms with van der Waals surface area (Å²) in [6, 6.07) is 0. The van der Waals surface area contributed by atoms with E-state index in [0.29, 0.717) is 6.17 Å². The van der Waals surface area contributed by atoms with Gasteiger partial charge in [0.1, 0.15) is 0 Å². The molecule has 1 fully saturated rings. The summed E-state index contributed by atoms with van der Waals surface area (Å²) in [6.45, 7) is 4.80. The van der Waals surface area contributed by atoms with Gasteiger partial charge in [0.2, 0.25) is 0 Å². The third kappa shape index (κ3) is 23.9. The van der Waals surface area contributed by atoms with E-state index >= 15 is 0 Å². The van der Waals surface area contributed by atoms with Crippen molar-refractivity contribution in [2.75, 3.05) is 34.3 Å². The highest BCUT2D eigenvalue weighted by atomic mass is 32.3.